The van der Waals surface area contributed by atoms with E-state index in [4.69, 9.17) is 16.3 Å². The molecule has 0 spiro atoms. The molecule has 0 aliphatic heterocycles. The van der Waals surface area contributed by atoms with Crippen molar-refractivity contribution >= 4 is 17.3 Å². The molecule has 1 aliphatic carbocycles. The highest BCUT2D eigenvalue weighted by molar-refractivity contribution is 6.32. The number of ether oxygens (including phenoxy) is 1. The average molecular weight is 256 g/mol. The lowest BCUT2D eigenvalue weighted by Crippen LogP contribution is -2.36. The maximum atomic E-state index is 9.88. The highest BCUT2D eigenvalue weighted by Gasteiger charge is 2.22. The van der Waals surface area contributed by atoms with Gasteiger partial charge in [0.25, 0.3) is 0 Å². The molecule has 0 radical (unpaired) electrons. The molecule has 0 heterocycles. The van der Waals surface area contributed by atoms with E-state index in [9.17, 15) is 5.11 Å². The largest absolute Gasteiger partial charge is 0.495 e. The minimum atomic E-state index is -0.260. The van der Waals surface area contributed by atoms with Crippen LogP contribution >= 0.6 is 11.6 Å². The minimum Gasteiger partial charge on any atom is -0.495 e. The molecule has 1 fully saturated rings. The van der Waals surface area contributed by atoms with E-state index < -0.39 is 0 Å². The Labute approximate surface area is 107 Å². The zero-order chi connectivity index (χ0) is 12.3. The lowest BCUT2D eigenvalue weighted by Gasteiger charge is -2.29. The number of rotatable bonds is 3. The summed E-state index contributed by atoms with van der Waals surface area (Å²) in [5.41, 5.74) is 0.932. The van der Waals surface area contributed by atoms with Crippen molar-refractivity contribution in [2.24, 2.45) is 0 Å². The highest BCUT2D eigenvalue weighted by Crippen LogP contribution is 2.29. The van der Waals surface area contributed by atoms with Gasteiger partial charge < -0.3 is 15.2 Å². The summed E-state index contributed by atoms with van der Waals surface area (Å²) in [5, 5.41) is 13.8. The van der Waals surface area contributed by atoms with Crippen molar-refractivity contribution in [3.63, 3.8) is 0 Å². The standard InChI is InChI=1S/C13H18ClNO2/c1-17-13-7-6-9(8-10(13)14)15-11-4-2-3-5-12(11)16/h6-8,11-12,15-16H,2-5H2,1H3. The molecule has 2 atom stereocenters. The van der Waals surface area contributed by atoms with E-state index in [0.717, 1.165) is 24.9 Å². The van der Waals surface area contributed by atoms with Crippen LogP contribution < -0.4 is 10.1 Å². The molecule has 1 aromatic carbocycles. The summed E-state index contributed by atoms with van der Waals surface area (Å²) < 4.78 is 5.10. The Morgan fingerprint density at radius 1 is 1.35 bits per heavy atom. The smallest absolute Gasteiger partial charge is 0.137 e. The third kappa shape index (κ3) is 3.05. The molecule has 4 heteroatoms. The fraction of sp³-hybridized carbons (Fsp3) is 0.538. The normalized spacial score (nSPS) is 24.4. The van der Waals surface area contributed by atoms with Gasteiger partial charge in [0.2, 0.25) is 0 Å². The Morgan fingerprint density at radius 3 is 2.76 bits per heavy atom. The molecule has 0 bridgehead atoms. The molecule has 0 amide bonds. The van der Waals surface area contributed by atoms with Crippen LogP contribution in [0.1, 0.15) is 25.7 Å². The Kier molecular flexibility index (Phi) is 4.13. The monoisotopic (exact) mass is 255 g/mol. The van der Waals surface area contributed by atoms with Crippen LogP contribution in [0.2, 0.25) is 5.02 Å². The van der Waals surface area contributed by atoms with Crippen molar-refractivity contribution in [3.05, 3.63) is 23.2 Å². The first kappa shape index (κ1) is 12.5. The van der Waals surface area contributed by atoms with Crippen LogP contribution in [0.25, 0.3) is 0 Å². The maximum absolute atomic E-state index is 9.88. The lowest BCUT2D eigenvalue weighted by molar-refractivity contribution is 0.116. The fourth-order valence-electron chi connectivity index (χ4n) is 2.25. The number of anilines is 1. The van der Waals surface area contributed by atoms with E-state index in [1.54, 1.807) is 7.11 Å². The maximum Gasteiger partial charge on any atom is 0.137 e. The van der Waals surface area contributed by atoms with Gasteiger partial charge in [0.05, 0.1) is 24.3 Å². The second kappa shape index (κ2) is 5.61. The number of methoxy groups -OCH3 is 1. The molecular weight excluding hydrogens is 238 g/mol. The summed E-state index contributed by atoms with van der Waals surface area (Å²) in [4.78, 5) is 0. The number of nitrogens with one attached hydrogen (secondary N) is 1. The van der Waals surface area contributed by atoms with Gasteiger partial charge >= 0.3 is 0 Å². The summed E-state index contributed by atoms with van der Waals surface area (Å²) in [6.07, 6.45) is 3.90. The number of aliphatic hydroxyl groups is 1. The molecule has 1 aliphatic rings. The van der Waals surface area contributed by atoms with E-state index in [1.807, 2.05) is 18.2 Å². The van der Waals surface area contributed by atoms with Crippen LogP contribution in [0.3, 0.4) is 0 Å². The van der Waals surface area contributed by atoms with Crippen molar-refractivity contribution in [2.45, 2.75) is 37.8 Å². The van der Waals surface area contributed by atoms with Gasteiger partial charge in [-0.15, -0.1) is 0 Å². The van der Waals surface area contributed by atoms with Crippen molar-refractivity contribution in [1.29, 1.82) is 0 Å². The summed E-state index contributed by atoms with van der Waals surface area (Å²) in [6.45, 7) is 0. The van der Waals surface area contributed by atoms with Gasteiger partial charge in [0.1, 0.15) is 5.75 Å². The van der Waals surface area contributed by atoms with Crippen molar-refractivity contribution in [3.8, 4) is 5.75 Å². The van der Waals surface area contributed by atoms with Gasteiger partial charge in [-0.2, -0.15) is 0 Å². The van der Waals surface area contributed by atoms with Gasteiger partial charge in [-0.25, -0.2) is 0 Å². The van der Waals surface area contributed by atoms with Gasteiger partial charge in [-0.05, 0) is 31.0 Å². The number of hydrogen-bond donors (Lipinski definition) is 2. The number of halogens is 1. The van der Waals surface area contributed by atoms with Crippen LogP contribution in [-0.4, -0.2) is 24.4 Å². The van der Waals surface area contributed by atoms with Crippen LogP contribution in [-0.2, 0) is 0 Å². The second-order valence-corrected chi connectivity index (χ2v) is 4.86. The molecule has 1 aromatic rings. The Bertz CT molecular complexity index is 384. The number of hydrogen-bond acceptors (Lipinski definition) is 3. The van der Waals surface area contributed by atoms with E-state index in [2.05, 4.69) is 5.32 Å². The Morgan fingerprint density at radius 2 is 2.12 bits per heavy atom. The van der Waals surface area contributed by atoms with Crippen LogP contribution in [0.15, 0.2) is 18.2 Å². The second-order valence-electron chi connectivity index (χ2n) is 4.45. The third-order valence-electron chi connectivity index (χ3n) is 3.23. The molecule has 17 heavy (non-hydrogen) atoms. The molecular formula is C13H18ClNO2. The number of aliphatic hydroxyl groups excluding tert-OH is 1. The summed E-state index contributed by atoms with van der Waals surface area (Å²) in [7, 11) is 1.60. The topological polar surface area (TPSA) is 41.5 Å². The van der Waals surface area contributed by atoms with E-state index in [1.165, 1.54) is 6.42 Å². The van der Waals surface area contributed by atoms with Gasteiger partial charge in [-0.1, -0.05) is 24.4 Å². The van der Waals surface area contributed by atoms with Gasteiger partial charge in [0.15, 0.2) is 0 Å². The Balaban J connectivity index is 2.05. The predicted molar refractivity (Wildman–Crippen MR) is 69.9 cm³/mol. The highest BCUT2D eigenvalue weighted by atomic mass is 35.5. The van der Waals surface area contributed by atoms with E-state index >= 15 is 0 Å². The first-order chi connectivity index (χ1) is 8.20. The zero-order valence-corrected chi connectivity index (χ0v) is 10.7. The predicted octanol–water partition coefficient (Wildman–Crippen LogP) is 3.06. The van der Waals surface area contributed by atoms with Crippen molar-refractivity contribution in [1.82, 2.24) is 0 Å². The van der Waals surface area contributed by atoms with Crippen LogP contribution in [0.5, 0.6) is 5.75 Å². The molecule has 94 valence electrons. The Hall–Kier alpha value is -0.930. The molecule has 0 saturated heterocycles. The molecule has 2 unspecified atom stereocenters. The first-order valence-electron chi connectivity index (χ1n) is 5.99. The van der Waals surface area contributed by atoms with Gasteiger partial charge in [0, 0.05) is 5.69 Å². The summed E-state index contributed by atoms with van der Waals surface area (Å²) in [6, 6.07) is 5.72. The molecule has 3 nitrogen and oxygen atoms in total. The first-order valence-corrected chi connectivity index (χ1v) is 6.36. The summed E-state index contributed by atoms with van der Waals surface area (Å²) >= 11 is 6.06. The quantitative estimate of drug-likeness (QED) is 0.872. The number of benzene rings is 1. The van der Waals surface area contributed by atoms with E-state index in [-0.39, 0.29) is 12.1 Å². The minimum absolute atomic E-state index is 0.133. The van der Waals surface area contributed by atoms with Crippen LogP contribution in [0, 0.1) is 0 Å². The molecule has 1 saturated carbocycles. The van der Waals surface area contributed by atoms with Gasteiger partial charge in [-0.3, -0.25) is 0 Å². The fourth-order valence-corrected chi connectivity index (χ4v) is 2.51. The molecule has 2 N–H and O–H groups in total. The third-order valence-corrected chi connectivity index (χ3v) is 3.53. The summed E-state index contributed by atoms with van der Waals surface area (Å²) in [5.74, 6) is 0.668. The molecule has 2 rings (SSSR count). The van der Waals surface area contributed by atoms with E-state index in [0.29, 0.717) is 10.8 Å². The van der Waals surface area contributed by atoms with Crippen molar-refractivity contribution in [2.75, 3.05) is 12.4 Å². The van der Waals surface area contributed by atoms with Crippen molar-refractivity contribution < 1.29 is 9.84 Å². The van der Waals surface area contributed by atoms with Crippen LogP contribution in [0.4, 0.5) is 5.69 Å². The molecule has 0 aromatic heterocycles. The SMILES string of the molecule is COc1ccc(NC2CCCCC2O)cc1Cl. The average Bonchev–Trinajstić information content (AvgIpc) is 2.32. The lowest BCUT2D eigenvalue weighted by atomic mass is 9.92. The zero-order valence-electron chi connectivity index (χ0n) is 9.95.